The molecule has 1 aliphatic heterocycles. The molecule has 1 aliphatic rings. The molecule has 1 unspecified atom stereocenters. The summed E-state index contributed by atoms with van der Waals surface area (Å²) in [5.74, 6) is 0. The molecule has 5 N–H and O–H groups in total. The number of aliphatic hydroxyl groups is 5. The third-order valence-corrected chi connectivity index (χ3v) is 4.43. The van der Waals surface area contributed by atoms with Crippen LogP contribution in [0.4, 0.5) is 0 Å². The normalized spacial score (nSPS) is 31.4. The SMILES string of the molecule is CCCCN(CCCC)CC(O)CO[C@H]1O[C@H](CO)[C@H](O)[C@H](O)[C@H]1O. The summed E-state index contributed by atoms with van der Waals surface area (Å²) in [7, 11) is 0. The van der Waals surface area contributed by atoms with Crippen LogP contribution in [0.3, 0.4) is 0 Å². The molecule has 8 nitrogen and oxygen atoms in total. The van der Waals surface area contributed by atoms with Gasteiger partial charge in [-0.25, -0.2) is 0 Å². The average Bonchev–Trinajstić information content (AvgIpc) is 2.61. The van der Waals surface area contributed by atoms with Crippen LogP contribution in [0.1, 0.15) is 39.5 Å². The molecule has 0 aromatic heterocycles. The zero-order chi connectivity index (χ0) is 18.8. The second kappa shape index (κ2) is 12.1. The highest BCUT2D eigenvalue weighted by Gasteiger charge is 2.44. The van der Waals surface area contributed by atoms with E-state index < -0.39 is 43.4 Å². The molecular formula is C17H35NO7. The van der Waals surface area contributed by atoms with Crippen LogP contribution in [-0.4, -0.2) is 100 Å². The number of nitrogens with zero attached hydrogens (tertiary/aromatic N) is 1. The predicted octanol–water partition coefficient (Wildman–Crippen LogP) is -0.934. The van der Waals surface area contributed by atoms with Crippen molar-refractivity contribution in [2.75, 3.05) is 32.8 Å². The summed E-state index contributed by atoms with van der Waals surface area (Å²) in [4.78, 5) is 2.19. The lowest BCUT2D eigenvalue weighted by molar-refractivity contribution is -0.304. The van der Waals surface area contributed by atoms with E-state index in [4.69, 9.17) is 14.6 Å². The molecule has 25 heavy (non-hydrogen) atoms. The van der Waals surface area contributed by atoms with E-state index in [9.17, 15) is 20.4 Å². The van der Waals surface area contributed by atoms with E-state index in [2.05, 4.69) is 18.7 Å². The van der Waals surface area contributed by atoms with Gasteiger partial charge in [0.05, 0.1) is 19.3 Å². The van der Waals surface area contributed by atoms with Crippen molar-refractivity contribution in [3.05, 3.63) is 0 Å². The van der Waals surface area contributed by atoms with Crippen molar-refractivity contribution in [3.63, 3.8) is 0 Å². The Morgan fingerprint density at radius 2 is 1.60 bits per heavy atom. The van der Waals surface area contributed by atoms with Crippen LogP contribution in [0.5, 0.6) is 0 Å². The van der Waals surface area contributed by atoms with Crippen molar-refractivity contribution in [1.82, 2.24) is 4.90 Å². The molecule has 150 valence electrons. The lowest BCUT2D eigenvalue weighted by atomic mass is 9.99. The summed E-state index contributed by atoms with van der Waals surface area (Å²) in [6.45, 7) is 5.94. The first-order valence-corrected chi connectivity index (χ1v) is 9.27. The number of ether oxygens (including phenoxy) is 2. The quantitative estimate of drug-likeness (QED) is 0.300. The molecule has 0 saturated carbocycles. The first kappa shape index (κ1) is 22.7. The molecule has 0 amide bonds. The largest absolute Gasteiger partial charge is 0.394 e. The van der Waals surface area contributed by atoms with Gasteiger partial charge in [0.2, 0.25) is 0 Å². The van der Waals surface area contributed by atoms with Gasteiger partial charge in [-0.3, -0.25) is 0 Å². The molecule has 1 saturated heterocycles. The monoisotopic (exact) mass is 365 g/mol. The molecule has 1 fully saturated rings. The van der Waals surface area contributed by atoms with Gasteiger partial charge in [-0.2, -0.15) is 0 Å². The first-order chi connectivity index (χ1) is 11.9. The molecule has 1 heterocycles. The molecule has 6 atom stereocenters. The number of hydrogen-bond donors (Lipinski definition) is 5. The van der Waals surface area contributed by atoms with E-state index in [-0.39, 0.29) is 6.61 Å². The molecule has 0 radical (unpaired) electrons. The van der Waals surface area contributed by atoms with Crippen molar-refractivity contribution in [3.8, 4) is 0 Å². The molecule has 8 heteroatoms. The summed E-state index contributed by atoms with van der Waals surface area (Å²) < 4.78 is 10.6. The lowest BCUT2D eigenvalue weighted by Crippen LogP contribution is -2.59. The minimum atomic E-state index is -1.47. The Morgan fingerprint density at radius 3 is 2.12 bits per heavy atom. The number of hydrogen-bond acceptors (Lipinski definition) is 8. The second-order valence-electron chi connectivity index (χ2n) is 6.69. The van der Waals surface area contributed by atoms with E-state index in [0.29, 0.717) is 6.54 Å². The van der Waals surface area contributed by atoms with Crippen LogP contribution in [0.2, 0.25) is 0 Å². The van der Waals surface area contributed by atoms with Crippen LogP contribution < -0.4 is 0 Å². The van der Waals surface area contributed by atoms with E-state index in [0.717, 1.165) is 38.8 Å². The topological polar surface area (TPSA) is 123 Å². The van der Waals surface area contributed by atoms with E-state index in [1.165, 1.54) is 0 Å². The highest BCUT2D eigenvalue weighted by molar-refractivity contribution is 4.89. The fraction of sp³-hybridized carbons (Fsp3) is 1.00. The van der Waals surface area contributed by atoms with Gasteiger partial charge < -0.3 is 39.9 Å². The molecule has 1 rings (SSSR count). The minimum absolute atomic E-state index is 0.0720. The Hall–Kier alpha value is -0.320. The van der Waals surface area contributed by atoms with Gasteiger partial charge >= 0.3 is 0 Å². The van der Waals surface area contributed by atoms with Crippen molar-refractivity contribution < 1.29 is 35.0 Å². The van der Waals surface area contributed by atoms with Gasteiger partial charge in [-0.15, -0.1) is 0 Å². The zero-order valence-electron chi connectivity index (χ0n) is 15.3. The number of rotatable bonds is 12. The molecule has 0 aromatic carbocycles. The zero-order valence-corrected chi connectivity index (χ0v) is 15.3. The Balaban J connectivity index is 2.45. The van der Waals surface area contributed by atoms with E-state index in [1.807, 2.05) is 0 Å². The second-order valence-corrected chi connectivity index (χ2v) is 6.69. The van der Waals surface area contributed by atoms with Crippen LogP contribution in [0, 0.1) is 0 Å². The third kappa shape index (κ3) is 7.44. The first-order valence-electron chi connectivity index (χ1n) is 9.27. The lowest BCUT2D eigenvalue weighted by Gasteiger charge is -2.39. The summed E-state index contributed by atoms with van der Waals surface area (Å²) in [6, 6.07) is 0. The van der Waals surface area contributed by atoms with Gasteiger partial charge in [0.1, 0.15) is 24.4 Å². The van der Waals surface area contributed by atoms with Crippen LogP contribution in [0.25, 0.3) is 0 Å². The maximum absolute atomic E-state index is 10.2. The van der Waals surface area contributed by atoms with Crippen LogP contribution >= 0.6 is 0 Å². The summed E-state index contributed by atoms with van der Waals surface area (Å²) in [5, 5.41) is 48.7. The standard InChI is InChI=1S/C17H35NO7/c1-3-5-7-18(8-6-4-2)9-12(20)11-24-17-16(23)15(22)14(21)13(10-19)25-17/h12-17,19-23H,3-11H2,1-2H3/t12?,13-,14+,15+,16-,17+/m1/s1. The van der Waals surface area contributed by atoms with Gasteiger partial charge in [0, 0.05) is 6.54 Å². The predicted molar refractivity (Wildman–Crippen MR) is 92.0 cm³/mol. The van der Waals surface area contributed by atoms with Crippen LogP contribution in [0.15, 0.2) is 0 Å². The maximum Gasteiger partial charge on any atom is 0.186 e. The fourth-order valence-electron chi connectivity index (χ4n) is 2.82. The number of unbranched alkanes of at least 4 members (excludes halogenated alkanes) is 2. The van der Waals surface area contributed by atoms with E-state index >= 15 is 0 Å². The molecule has 0 bridgehead atoms. The Bertz CT molecular complexity index is 337. The van der Waals surface area contributed by atoms with Crippen molar-refractivity contribution in [1.29, 1.82) is 0 Å². The molecule has 0 aliphatic carbocycles. The molecule has 0 spiro atoms. The Kier molecular flexibility index (Phi) is 11.0. The van der Waals surface area contributed by atoms with Gasteiger partial charge in [-0.05, 0) is 25.9 Å². The fourth-order valence-corrected chi connectivity index (χ4v) is 2.82. The Morgan fingerprint density at radius 1 is 1.00 bits per heavy atom. The van der Waals surface area contributed by atoms with Crippen molar-refractivity contribution in [2.45, 2.75) is 76.3 Å². The molecule has 0 aromatic rings. The van der Waals surface area contributed by atoms with Gasteiger partial charge in [0.25, 0.3) is 0 Å². The highest BCUT2D eigenvalue weighted by atomic mass is 16.7. The number of aliphatic hydroxyl groups excluding tert-OH is 5. The highest BCUT2D eigenvalue weighted by Crippen LogP contribution is 2.22. The van der Waals surface area contributed by atoms with Crippen LogP contribution in [-0.2, 0) is 9.47 Å². The summed E-state index contributed by atoms with van der Waals surface area (Å²) in [6.07, 6.45) is -3.02. The summed E-state index contributed by atoms with van der Waals surface area (Å²) in [5.41, 5.74) is 0. The third-order valence-electron chi connectivity index (χ3n) is 4.43. The van der Waals surface area contributed by atoms with Crippen molar-refractivity contribution >= 4 is 0 Å². The van der Waals surface area contributed by atoms with Crippen molar-refractivity contribution in [2.24, 2.45) is 0 Å². The van der Waals surface area contributed by atoms with E-state index in [1.54, 1.807) is 0 Å². The smallest absolute Gasteiger partial charge is 0.186 e. The van der Waals surface area contributed by atoms with Gasteiger partial charge in [0.15, 0.2) is 6.29 Å². The minimum Gasteiger partial charge on any atom is -0.394 e. The Labute approximate surface area is 150 Å². The molecular weight excluding hydrogens is 330 g/mol. The average molecular weight is 365 g/mol. The maximum atomic E-state index is 10.2. The van der Waals surface area contributed by atoms with Gasteiger partial charge in [-0.1, -0.05) is 26.7 Å². The summed E-state index contributed by atoms with van der Waals surface area (Å²) >= 11 is 0.